The smallest absolute Gasteiger partial charge is 0.0207 e. The van der Waals surface area contributed by atoms with Gasteiger partial charge in [-0.15, -0.1) is 6.58 Å². The number of allylic oxidation sites excluding steroid dienone is 1. The van der Waals surface area contributed by atoms with E-state index in [4.69, 9.17) is 0 Å². The summed E-state index contributed by atoms with van der Waals surface area (Å²) in [4.78, 5) is 0. The topological polar surface area (TPSA) is 0 Å². The summed E-state index contributed by atoms with van der Waals surface area (Å²) < 4.78 is 1.13. The Bertz CT molecular complexity index is 289. The van der Waals surface area contributed by atoms with Gasteiger partial charge in [0.2, 0.25) is 0 Å². The fourth-order valence-electron chi connectivity index (χ4n) is 1.15. The lowest BCUT2D eigenvalue weighted by atomic mass is 9.97. The molecule has 0 N–H and O–H groups in total. The first-order valence-corrected chi connectivity index (χ1v) is 4.66. The maximum atomic E-state index is 3.99. The van der Waals surface area contributed by atoms with Crippen LogP contribution in [-0.4, -0.2) is 0 Å². The number of hydrogen-bond donors (Lipinski definition) is 0. The van der Waals surface area contributed by atoms with Gasteiger partial charge in [-0.25, -0.2) is 0 Å². The third kappa shape index (κ3) is 1.78. The molecule has 1 heteroatoms. The minimum atomic E-state index is 0.183. The molecule has 0 spiro atoms. The molecule has 0 aliphatic carbocycles. The number of rotatable bonds is 2. The molecule has 1 atom stereocenters. The maximum absolute atomic E-state index is 3.99. The van der Waals surface area contributed by atoms with Crippen LogP contribution in [0.25, 0.3) is 0 Å². The minimum Gasteiger partial charge on any atom is -0.102 e. The average Bonchev–Trinajstić information content (AvgIpc) is 2.08. The predicted octanol–water partition coefficient (Wildman–Crippen LogP) is 3.86. The molecule has 0 bridgehead atoms. The van der Waals surface area contributed by atoms with Crippen LogP contribution in [-0.2, 0) is 0 Å². The molecule has 12 heavy (non-hydrogen) atoms. The van der Waals surface area contributed by atoms with Crippen LogP contribution in [0.1, 0.15) is 17.0 Å². The molecular weight excluding hydrogens is 212 g/mol. The highest BCUT2D eigenvalue weighted by Crippen LogP contribution is 2.25. The zero-order valence-corrected chi connectivity index (χ0v) is 8.76. The Morgan fingerprint density at radius 1 is 1.50 bits per heavy atom. The molecule has 63 valence electrons. The summed E-state index contributed by atoms with van der Waals surface area (Å²) in [6, 6.07) is 6.14. The van der Waals surface area contributed by atoms with E-state index in [0.29, 0.717) is 0 Å². The van der Waals surface area contributed by atoms with Gasteiger partial charge in [-0.2, -0.15) is 0 Å². The fraction of sp³-hybridized carbons (Fsp3) is 0.182. The summed E-state index contributed by atoms with van der Waals surface area (Å²) in [6.07, 6.45) is 1.86. The van der Waals surface area contributed by atoms with Crippen LogP contribution in [0, 0.1) is 13.8 Å². The van der Waals surface area contributed by atoms with Crippen molar-refractivity contribution in [1.82, 2.24) is 0 Å². The lowest BCUT2D eigenvalue weighted by Gasteiger charge is -2.10. The van der Waals surface area contributed by atoms with Crippen molar-refractivity contribution in [2.75, 3.05) is 0 Å². The fourth-order valence-corrected chi connectivity index (χ4v) is 1.53. The Labute approximate surface area is 82.4 Å². The Hall–Kier alpha value is -0.560. The summed E-state index contributed by atoms with van der Waals surface area (Å²) in [7, 11) is 0. The lowest BCUT2D eigenvalue weighted by Crippen LogP contribution is -1.93. The van der Waals surface area contributed by atoms with Gasteiger partial charge in [-0.3, -0.25) is 0 Å². The Morgan fingerprint density at radius 2 is 2.17 bits per heavy atom. The molecule has 1 unspecified atom stereocenters. The van der Waals surface area contributed by atoms with Crippen molar-refractivity contribution in [3.63, 3.8) is 0 Å². The standard InChI is InChI=1S/C11H12Br/c1-4-8(2)10-6-5-7-11(12)9(10)3/h4-8H,1-2H2,3H3. The largest absolute Gasteiger partial charge is 0.102 e. The second-order valence-corrected chi connectivity index (χ2v) is 3.65. The summed E-state index contributed by atoms with van der Waals surface area (Å²) in [5, 5.41) is 0. The van der Waals surface area contributed by atoms with Crippen molar-refractivity contribution in [3.8, 4) is 0 Å². The van der Waals surface area contributed by atoms with E-state index < -0.39 is 0 Å². The summed E-state index contributed by atoms with van der Waals surface area (Å²) in [5.41, 5.74) is 2.48. The number of benzene rings is 1. The van der Waals surface area contributed by atoms with Gasteiger partial charge in [0.25, 0.3) is 0 Å². The molecule has 0 aliphatic rings. The number of halogens is 1. The molecule has 0 nitrogen and oxygen atoms in total. The van der Waals surface area contributed by atoms with Crippen LogP contribution in [0.15, 0.2) is 35.3 Å². The zero-order valence-electron chi connectivity index (χ0n) is 7.18. The van der Waals surface area contributed by atoms with E-state index in [2.05, 4.69) is 42.4 Å². The zero-order chi connectivity index (χ0) is 9.14. The molecule has 1 radical (unpaired) electrons. The predicted molar refractivity (Wildman–Crippen MR) is 57.2 cm³/mol. The summed E-state index contributed by atoms with van der Waals surface area (Å²) in [5.74, 6) is 0.183. The molecule has 1 aromatic rings. The average molecular weight is 224 g/mol. The first kappa shape index (κ1) is 9.53. The minimum absolute atomic E-state index is 0.183. The van der Waals surface area contributed by atoms with Crippen molar-refractivity contribution in [1.29, 1.82) is 0 Å². The Kier molecular flexibility index (Phi) is 3.10. The van der Waals surface area contributed by atoms with E-state index in [0.717, 1.165) is 4.47 Å². The Balaban J connectivity index is 3.15. The van der Waals surface area contributed by atoms with Crippen LogP contribution < -0.4 is 0 Å². The van der Waals surface area contributed by atoms with E-state index in [1.54, 1.807) is 0 Å². The Morgan fingerprint density at radius 3 is 2.75 bits per heavy atom. The third-order valence-electron chi connectivity index (χ3n) is 1.99. The molecule has 1 aromatic carbocycles. The van der Waals surface area contributed by atoms with E-state index in [1.807, 2.05) is 18.2 Å². The first-order valence-electron chi connectivity index (χ1n) is 3.87. The monoisotopic (exact) mass is 223 g/mol. The van der Waals surface area contributed by atoms with Crippen LogP contribution in [0.5, 0.6) is 0 Å². The maximum Gasteiger partial charge on any atom is 0.0207 e. The molecule has 0 aromatic heterocycles. The van der Waals surface area contributed by atoms with Gasteiger partial charge in [-0.05, 0) is 31.0 Å². The quantitative estimate of drug-likeness (QED) is 0.669. The van der Waals surface area contributed by atoms with Gasteiger partial charge in [0, 0.05) is 10.4 Å². The highest BCUT2D eigenvalue weighted by molar-refractivity contribution is 9.10. The van der Waals surface area contributed by atoms with E-state index in [1.165, 1.54) is 11.1 Å². The van der Waals surface area contributed by atoms with Gasteiger partial charge in [-0.1, -0.05) is 34.1 Å². The SMILES string of the molecule is [CH2]C(C=C)c1cccc(Br)c1C. The van der Waals surface area contributed by atoms with Crippen LogP contribution in [0.3, 0.4) is 0 Å². The normalized spacial score (nSPS) is 12.6. The third-order valence-corrected chi connectivity index (χ3v) is 2.85. The molecule has 1 rings (SSSR count). The van der Waals surface area contributed by atoms with E-state index in [-0.39, 0.29) is 5.92 Å². The van der Waals surface area contributed by atoms with Crippen molar-refractivity contribution in [2.24, 2.45) is 0 Å². The second kappa shape index (κ2) is 3.90. The second-order valence-electron chi connectivity index (χ2n) is 2.80. The molecule has 0 fully saturated rings. The molecule has 0 aliphatic heterocycles. The summed E-state index contributed by atoms with van der Waals surface area (Å²) in [6.45, 7) is 9.80. The van der Waals surface area contributed by atoms with Gasteiger partial charge < -0.3 is 0 Å². The van der Waals surface area contributed by atoms with Gasteiger partial charge in [0.1, 0.15) is 0 Å². The van der Waals surface area contributed by atoms with Crippen molar-refractivity contribution in [3.05, 3.63) is 53.4 Å². The molecule has 0 amide bonds. The van der Waals surface area contributed by atoms with Crippen molar-refractivity contribution >= 4 is 15.9 Å². The van der Waals surface area contributed by atoms with E-state index >= 15 is 0 Å². The highest BCUT2D eigenvalue weighted by Gasteiger charge is 2.05. The summed E-state index contributed by atoms with van der Waals surface area (Å²) >= 11 is 3.48. The molecular formula is C11H12Br. The van der Waals surface area contributed by atoms with Crippen LogP contribution >= 0.6 is 15.9 Å². The van der Waals surface area contributed by atoms with E-state index in [9.17, 15) is 0 Å². The molecule has 0 saturated heterocycles. The van der Waals surface area contributed by atoms with Crippen molar-refractivity contribution < 1.29 is 0 Å². The number of hydrogen-bond acceptors (Lipinski definition) is 0. The molecule has 0 saturated carbocycles. The lowest BCUT2D eigenvalue weighted by molar-refractivity contribution is 1.05. The highest BCUT2D eigenvalue weighted by atomic mass is 79.9. The van der Waals surface area contributed by atoms with Gasteiger partial charge >= 0.3 is 0 Å². The first-order chi connectivity index (χ1) is 5.66. The van der Waals surface area contributed by atoms with Gasteiger partial charge in [0.15, 0.2) is 0 Å². The van der Waals surface area contributed by atoms with Crippen LogP contribution in [0.4, 0.5) is 0 Å². The van der Waals surface area contributed by atoms with Crippen LogP contribution in [0.2, 0.25) is 0 Å². The molecule has 0 heterocycles. The van der Waals surface area contributed by atoms with Gasteiger partial charge in [0.05, 0.1) is 0 Å². The van der Waals surface area contributed by atoms with Crippen molar-refractivity contribution in [2.45, 2.75) is 12.8 Å².